The zero-order chi connectivity index (χ0) is 15.5. The van der Waals surface area contributed by atoms with E-state index in [1.54, 1.807) is 0 Å². The highest BCUT2D eigenvalue weighted by atomic mass is 15.4. The van der Waals surface area contributed by atoms with Crippen molar-refractivity contribution >= 4 is 5.69 Å². The van der Waals surface area contributed by atoms with Gasteiger partial charge in [-0.15, -0.1) is 5.10 Å². The van der Waals surface area contributed by atoms with Crippen LogP contribution in [0.15, 0.2) is 30.5 Å². The molecule has 21 heavy (non-hydrogen) atoms. The Morgan fingerprint density at radius 2 is 1.81 bits per heavy atom. The van der Waals surface area contributed by atoms with Gasteiger partial charge in [0.05, 0.1) is 18.3 Å². The number of rotatable bonds is 5. The first-order valence-electron chi connectivity index (χ1n) is 7.24. The van der Waals surface area contributed by atoms with E-state index < -0.39 is 0 Å². The quantitative estimate of drug-likeness (QED) is 0.918. The lowest BCUT2D eigenvalue weighted by atomic mass is 10.1. The molecular formula is C16H25N5. The van der Waals surface area contributed by atoms with Gasteiger partial charge in [0.2, 0.25) is 0 Å². The van der Waals surface area contributed by atoms with E-state index in [4.69, 9.17) is 0 Å². The maximum absolute atomic E-state index is 4.20. The molecule has 0 fully saturated rings. The smallest absolute Gasteiger partial charge is 0.102 e. The van der Waals surface area contributed by atoms with E-state index in [1.807, 2.05) is 10.9 Å². The Labute approximate surface area is 127 Å². The molecule has 0 saturated carbocycles. The molecule has 0 aliphatic heterocycles. The minimum Gasteiger partial charge on any atom is -0.379 e. The summed E-state index contributed by atoms with van der Waals surface area (Å²) >= 11 is 0. The van der Waals surface area contributed by atoms with Gasteiger partial charge in [-0.1, -0.05) is 17.3 Å². The van der Waals surface area contributed by atoms with Crippen LogP contribution < -0.4 is 5.32 Å². The highest BCUT2D eigenvalue weighted by Gasteiger charge is 2.14. The second-order valence-corrected chi connectivity index (χ2v) is 6.61. The van der Waals surface area contributed by atoms with Crippen molar-refractivity contribution in [1.29, 1.82) is 0 Å². The van der Waals surface area contributed by atoms with Crippen molar-refractivity contribution in [3.8, 4) is 0 Å². The number of benzene rings is 1. The van der Waals surface area contributed by atoms with Crippen LogP contribution in [0, 0.1) is 0 Å². The van der Waals surface area contributed by atoms with Crippen molar-refractivity contribution in [2.24, 2.45) is 0 Å². The van der Waals surface area contributed by atoms with Gasteiger partial charge in [-0.2, -0.15) is 0 Å². The predicted octanol–water partition coefficient (Wildman–Crippen LogP) is 2.71. The Bertz CT molecular complexity index is 563. The normalized spacial score (nSPS) is 11.9. The average Bonchev–Trinajstić information content (AvgIpc) is 2.86. The Morgan fingerprint density at radius 3 is 2.33 bits per heavy atom. The van der Waals surface area contributed by atoms with E-state index in [1.165, 1.54) is 5.56 Å². The number of nitrogens with one attached hydrogen (secondary N) is 1. The predicted molar refractivity (Wildman–Crippen MR) is 86.2 cm³/mol. The first kappa shape index (κ1) is 15.5. The van der Waals surface area contributed by atoms with E-state index in [9.17, 15) is 0 Å². The van der Waals surface area contributed by atoms with Crippen LogP contribution in [0.5, 0.6) is 0 Å². The SMILES string of the molecule is CN(C)Cc1ccc(NCc2cn(C(C)(C)C)nn2)cc1. The molecule has 5 heteroatoms. The lowest BCUT2D eigenvalue weighted by molar-refractivity contribution is 0.347. The van der Waals surface area contributed by atoms with Crippen molar-refractivity contribution in [1.82, 2.24) is 19.9 Å². The molecule has 0 aliphatic carbocycles. The molecule has 1 heterocycles. The summed E-state index contributed by atoms with van der Waals surface area (Å²) in [5.74, 6) is 0. The summed E-state index contributed by atoms with van der Waals surface area (Å²) in [6, 6.07) is 8.50. The monoisotopic (exact) mass is 287 g/mol. The number of hydrogen-bond acceptors (Lipinski definition) is 4. The second kappa shape index (κ2) is 6.26. The fourth-order valence-electron chi connectivity index (χ4n) is 1.99. The van der Waals surface area contributed by atoms with Crippen molar-refractivity contribution < 1.29 is 0 Å². The van der Waals surface area contributed by atoms with E-state index in [-0.39, 0.29) is 5.54 Å². The summed E-state index contributed by atoms with van der Waals surface area (Å²) < 4.78 is 1.89. The van der Waals surface area contributed by atoms with Gasteiger partial charge < -0.3 is 10.2 Å². The minimum atomic E-state index is -0.0287. The summed E-state index contributed by atoms with van der Waals surface area (Å²) in [4.78, 5) is 2.16. The Morgan fingerprint density at radius 1 is 1.14 bits per heavy atom. The van der Waals surface area contributed by atoms with E-state index in [0.717, 1.165) is 17.9 Å². The largest absolute Gasteiger partial charge is 0.379 e. The molecule has 2 rings (SSSR count). The van der Waals surface area contributed by atoms with Crippen molar-refractivity contribution in [3.05, 3.63) is 41.7 Å². The first-order valence-corrected chi connectivity index (χ1v) is 7.24. The molecule has 1 aromatic heterocycles. The zero-order valence-electron chi connectivity index (χ0n) is 13.6. The topological polar surface area (TPSA) is 46.0 Å². The molecule has 1 N–H and O–H groups in total. The lowest BCUT2D eigenvalue weighted by Gasteiger charge is -2.17. The van der Waals surface area contributed by atoms with Gasteiger partial charge in [0.15, 0.2) is 0 Å². The molecule has 2 aromatic rings. The molecule has 0 saturated heterocycles. The third kappa shape index (κ3) is 4.56. The summed E-state index contributed by atoms with van der Waals surface area (Å²) in [5, 5.41) is 11.7. The molecular weight excluding hydrogens is 262 g/mol. The van der Waals surface area contributed by atoms with Crippen LogP contribution in [0.2, 0.25) is 0 Å². The Kier molecular flexibility index (Phi) is 4.63. The zero-order valence-corrected chi connectivity index (χ0v) is 13.6. The van der Waals surface area contributed by atoms with Gasteiger partial charge >= 0.3 is 0 Å². The average molecular weight is 287 g/mol. The third-order valence-electron chi connectivity index (χ3n) is 3.15. The fraction of sp³-hybridized carbons (Fsp3) is 0.500. The number of hydrogen-bond donors (Lipinski definition) is 1. The second-order valence-electron chi connectivity index (χ2n) is 6.61. The van der Waals surface area contributed by atoms with Gasteiger partial charge in [0.25, 0.3) is 0 Å². The maximum atomic E-state index is 4.20. The Balaban J connectivity index is 1.92. The molecule has 1 aromatic carbocycles. The molecule has 114 valence electrons. The summed E-state index contributed by atoms with van der Waals surface area (Å²) in [7, 11) is 4.15. The van der Waals surface area contributed by atoms with Crippen LogP contribution in [0.25, 0.3) is 0 Å². The van der Waals surface area contributed by atoms with E-state index in [0.29, 0.717) is 6.54 Å². The number of aromatic nitrogens is 3. The van der Waals surface area contributed by atoms with Crippen molar-refractivity contribution in [2.75, 3.05) is 19.4 Å². The highest BCUT2D eigenvalue weighted by Crippen LogP contribution is 2.14. The van der Waals surface area contributed by atoms with Crippen LogP contribution >= 0.6 is 0 Å². The molecule has 0 bridgehead atoms. The molecule has 0 radical (unpaired) electrons. The Hall–Kier alpha value is -1.88. The molecule has 0 amide bonds. The fourth-order valence-corrected chi connectivity index (χ4v) is 1.99. The minimum absolute atomic E-state index is 0.0287. The van der Waals surface area contributed by atoms with Crippen molar-refractivity contribution in [2.45, 2.75) is 39.4 Å². The maximum Gasteiger partial charge on any atom is 0.102 e. The van der Waals surface area contributed by atoms with Crippen LogP contribution in [-0.2, 0) is 18.6 Å². The number of nitrogens with zero attached hydrogens (tertiary/aromatic N) is 4. The van der Waals surface area contributed by atoms with Crippen LogP contribution in [0.4, 0.5) is 5.69 Å². The molecule has 0 unspecified atom stereocenters. The summed E-state index contributed by atoms with van der Waals surface area (Å²) in [6.07, 6.45) is 1.99. The van der Waals surface area contributed by atoms with E-state index >= 15 is 0 Å². The summed E-state index contributed by atoms with van der Waals surface area (Å²) in [5.41, 5.74) is 3.33. The highest BCUT2D eigenvalue weighted by molar-refractivity contribution is 5.44. The van der Waals surface area contributed by atoms with Gasteiger partial charge in [-0.25, -0.2) is 4.68 Å². The van der Waals surface area contributed by atoms with Crippen LogP contribution in [0.1, 0.15) is 32.0 Å². The first-order chi connectivity index (χ1) is 9.84. The van der Waals surface area contributed by atoms with Crippen LogP contribution in [-0.4, -0.2) is 34.0 Å². The van der Waals surface area contributed by atoms with Gasteiger partial charge in [0.1, 0.15) is 5.69 Å². The molecule has 0 aliphatic rings. The number of anilines is 1. The standard InChI is InChI=1S/C16H25N5/c1-16(2,3)21-12-15(18-19-21)10-17-14-8-6-13(7-9-14)11-20(4)5/h6-9,12,17H,10-11H2,1-5H3. The van der Waals surface area contributed by atoms with Gasteiger partial charge in [0, 0.05) is 12.2 Å². The van der Waals surface area contributed by atoms with Gasteiger partial charge in [-0.3, -0.25) is 0 Å². The lowest BCUT2D eigenvalue weighted by Crippen LogP contribution is -2.22. The molecule has 0 spiro atoms. The summed E-state index contributed by atoms with van der Waals surface area (Å²) in [6.45, 7) is 7.98. The van der Waals surface area contributed by atoms with Gasteiger partial charge in [-0.05, 0) is 52.6 Å². The van der Waals surface area contributed by atoms with Crippen LogP contribution in [0.3, 0.4) is 0 Å². The van der Waals surface area contributed by atoms with E-state index in [2.05, 4.69) is 79.7 Å². The van der Waals surface area contributed by atoms with Crippen molar-refractivity contribution in [3.63, 3.8) is 0 Å². The molecule has 0 atom stereocenters. The molecule has 5 nitrogen and oxygen atoms in total. The third-order valence-corrected chi connectivity index (χ3v) is 3.15.